The molecule has 8 heteroatoms. The van der Waals surface area contributed by atoms with Crippen LogP contribution in [0.2, 0.25) is 5.02 Å². The minimum atomic E-state index is -0.317. The number of ether oxygens (including phenoxy) is 2. The van der Waals surface area contributed by atoms with Crippen LogP contribution in [0.25, 0.3) is 11.1 Å². The first-order valence-electron chi connectivity index (χ1n) is 11.2. The normalized spacial score (nSPS) is 14.6. The summed E-state index contributed by atoms with van der Waals surface area (Å²) in [5, 5.41) is 0.761. The number of hydrogen-bond acceptors (Lipinski definition) is 5. The summed E-state index contributed by atoms with van der Waals surface area (Å²) in [4.78, 5) is 16.4. The largest absolute Gasteiger partial charge is 0.461 e. The summed E-state index contributed by atoms with van der Waals surface area (Å²) in [7, 11) is 0. The van der Waals surface area contributed by atoms with Gasteiger partial charge < -0.3 is 9.47 Å². The van der Waals surface area contributed by atoms with E-state index in [1.807, 2.05) is 32.1 Å². The van der Waals surface area contributed by atoms with E-state index in [2.05, 4.69) is 52.3 Å². The van der Waals surface area contributed by atoms with Crippen molar-refractivity contribution in [3.05, 3.63) is 71.3 Å². The molecule has 1 aliphatic heterocycles. The van der Waals surface area contributed by atoms with E-state index in [1.54, 1.807) is 0 Å². The molecule has 2 aromatic carbocycles. The molecule has 188 valence electrons. The van der Waals surface area contributed by atoms with Crippen LogP contribution in [-0.4, -0.2) is 67.8 Å². The molecular formula is C26H35Cl3N2O3. The number of nitrogens with zero attached hydrogens (tertiary/aromatic N) is 2. The van der Waals surface area contributed by atoms with Crippen molar-refractivity contribution in [2.75, 3.05) is 45.9 Å². The molecule has 1 saturated heterocycles. The van der Waals surface area contributed by atoms with Crippen molar-refractivity contribution >= 4 is 42.4 Å². The van der Waals surface area contributed by atoms with Crippen molar-refractivity contribution < 1.29 is 14.3 Å². The van der Waals surface area contributed by atoms with Crippen LogP contribution in [0.15, 0.2) is 60.7 Å². The van der Waals surface area contributed by atoms with Gasteiger partial charge in [-0.1, -0.05) is 60.2 Å². The van der Waals surface area contributed by atoms with Crippen LogP contribution in [0.5, 0.6) is 0 Å². The fourth-order valence-electron chi connectivity index (χ4n) is 3.74. The molecule has 0 unspecified atom stereocenters. The molecule has 1 aliphatic rings. The number of rotatable bonds is 10. The molecule has 0 atom stereocenters. The molecule has 5 nitrogen and oxygen atoms in total. The van der Waals surface area contributed by atoms with E-state index in [0.717, 1.165) is 44.3 Å². The van der Waals surface area contributed by atoms with Crippen LogP contribution < -0.4 is 0 Å². The standard InChI is InChI=1S/C26H33ClN2O3.2ClH/c1-21(2)32-26(30)20-31-18-6-5-13-28-14-16-29(17-15-28)19-23-7-3-4-8-25(23)22-9-11-24(27)12-10-22;;/h3-12,21H,13-20H2,1-2H3;2*1H. The van der Waals surface area contributed by atoms with Gasteiger partial charge in [0.25, 0.3) is 0 Å². The fourth-order valence-corrected chi connectivity index (χ4v) is 3.86. The Morgan fingerprint density at radius 3 is 2.29 bits per heavy atom. The van der Waals surface area contributed by atoms with Crippen LogP contribution in [0.3, 0.4) is 0 Å². The minimum absolute atomic E-state index is 0. The Labute approximate surface area is 220 Å². The number of piperazine rings is 1. The van der Waals surface area contributed by atoms with E-state index >= 15 is 0 Å². The molecule has 0 spiro atoms. The predicted octanol–water partition coefficient (Wildman–Crippen LogP) is 5.49. The summed E-state index contributed by atoms with van der Waals surface area (Å²) in [5.74, 6) is -0.317. The summed E-state index contributed by atoms with van der Waals surface area (Å²) >= 11 is 6.05. The minimum Gasteiger partial charge on any atom is -0.461 e. The van der Waals surface area contributed by atoms with E-state index in [1.165, 1.54) is 16.7 Å². The highest BCUT2D eigenvalue weighted by atomic mass is 35.5. The van der Waals surface area contributed by atoms with Gasteiger partial charge in [-0.05, 0) is 42.7 Å². The number of hydrogen-bond donors (Lipinski definition) is 0. The Hall–Kier alpha value is -1.60. The number of esters is 1. The molecule has 1 fully saturated rings. The van der Waals surface area contributed by atoms with Crippen LogP contribution in [0.1, 0.15) is 19.4 Å². The first kappa shape index (κ1) is 30.4. The third kappa shape index (κ3) is 10.3. The zero-order valence-electron chi connectivity index (χ0n) is 19.8. The van der Waals surface area contributed by atoms with Crippen molar-refractivity contribution in [1.29, 1.82) is 0 Å². The Kier molecular flexibility index (Phi) is 14.4. The van der Waals surface area contributed by atoms with E-state index < -0.39 is 0 Å². The Bertz CT molecular complexity index is 883. The van der Waals surface area contributed by atoms with Crippen molar-refractivity contribution in [2.45, 2.75) is 26.5 Å². The van der Waals surface area contributed by atoms with Crippen molar-refractivity contribution in [2.24, 2.45) is 0 Å². The molecule has 2 aromatic rings. The SMILES string of the molecule is CC(C)OC(=O)COCC=CCN1CCN(Cc2ccccc2-c2ccc(Cl)cc2)CC1.Cl.Cl. The molecule has 0 radical (unpaired) electrons. The van der Waals surface area contributed by atoms with Crippen LogP contribution in [0.4, 0.5) is 0 Å². The lowest BCUT2D eigenvalue weighted by Gasteiger charge is -2.34. The number of carbonyl (C=O) groups is 1. The summed E-state index contributed by atoms with van der Waals surface area (Å²) < 4.78 is 10.4. The summed E-state index contributed by atoms with van der Waals surface area (Å²) in [5.41, 5.74) is 3.82. The zero-order chi connectivity index (χ0) is 22.8. The molecule has 0 amide bonds. The maximum Gasteiger partial charge on any atom is 0.332 e. The maximum absolute atomic E-state index is 11.4. The fraction of sp³-hybridized carbons (Fsp3) is 0.423. The van der Waals surface area contributed by atoms with Crippen LogP contribution >= 0.6 is 36.4 Å². The van der Waals surface area contributed by atoms with Crippen molar-refractivity contribution in [1.82, 2.24) is 9.80 Å². The van der Waals surface area contributed by atoms with Gasteiger partial charge in [-0.15, -0.1) is 24.8 Å². The molecule has 1 heterocycles. The van der Waals surface area contributed by atoms with Gasteiger partial charge in [0.1, 0.15) is 6.61 Å². The first-order valence-corrected chi connectivity index (χ1v) is 11.6. The lowest BCUT2D eigenvalue weighted by Crippen LogP contribution is -2.45. The third-order valence-electron chi connectivity index (χ3n) is 5.36. The molecule has 0 saturated carbocycles. The van der Waals surface area contributed by atoms with Crippen LogP contribution in [-0.2, 0) is 20.8 Å². The molecule has 0 bridgehead atoms. The first-order chi connectivity index (χ1) is 15.5. The number of carbonyl (C=O) groups excluding carboxylic acids is 1. The van der Waals surface area contributed by atoms with Gasteiger partial charge in [0.2, 0.25) is 0 Å². The average molecular weight is 530 g/mol. The average Bonchev–Trinajstić information content (AvgIpc) is 2.78. The summed E-state index contributed by atoms with van der Waals surface area (Å²) in [6.45, 7) is 10.1. The Morgan fingerprint density at radius 1 is 0.971 bits per heavy atom. The zero-order valence-corrected chi connectivity index (χ0v) is 22.2. The van der Waals surface area contributed by atoms with E-state index in [-0.39, 0.29) is 43.5 Å². The van der Waals surface area contributed by atoms with Gasteiger partial charge in [0.15, 0.2) is 0 Å². The van der Waals surface area contributed by atoms with E-state index in [4.69, 9.17) is 21.1 Å². The van der Waals surface area contributed by atoms with Gasteiger partial charge in [-0.25, -0.2) is 4.79 Å². The highest BCUT2D eigenvalue weighted by Crippen LogP contribution is 2.26. The molecule has 34 heavy (non-hydrogen) atoms. The van der Waals surface area contributed by atoms with Gasteiger partial charge in [0.05, 0.1) is 12.7 Å². The molecule has 0 aliphatic carbocycles. The van der Waals surface area contributed by atoms with E-state index in [0.29, 0.717) is 6.61 Å². The molecule has 3 rings (SSSR count). The van der Waals surface area contributed by atoms with E-state index in [9.17, 15) is 4.79 Å². The summed E-state index contributed by atoms with van der Waals surface area (Å²) in [6, 6.07) is 16.7. The molecule has 0 N–H and O–H groups in total. The van der Waals surface area contributed by atoms with Gasteiger partial charge in [-0.2, -0.15) is 0 Å². The molecular weight excluding hydrogens is 495 g/mol. The maximum atomic E-state index is 11.4. The third-order valence-corrected chi connectivity index (χ3v) is 5.61. The smallest absolute Gasteiger partial charge is 0.332 e. The predicted molar refractivity (Wildman–Crippen MR) is 144 cm³/mol. The van der Waals surface area contributed by atoms with Crippen molar-refractivity contribution in [3.63, 3.8) is 0 Å². The quantitative estimate of drug-likeness (QED) is 0.231. The highest BCUT2D eigenvalue weighted by Gasteiger charge is 2.17. The number of benzene rings is 2. The Balaban J connectivity index is 0.00000289. The van der Waals surface area contributed by atoms with Gasteiger partial charge in [-0.3, -0.25) is 9.80 Å². The second-order valence-electron chi connectivity index (χ2n) is 8.27. The monoisotopic (exact) mass is 528 g/mol. The second kappa shape index (κ2) is 16.1. The van der Waals surface area contributed by atoms with Crippen molar-refractivity contribution in [3.8, 4) is 11.1 Å². The summed E-state index contributed by atoms with van der Waals surface area (Å²) in [6.07, 6.45) is 3.97. The van der Waals surface area contributed by atoms with Crippen LogP contribution in [0, 0.1) is 0 Å². The number of halogens is 3. The topological polar surface area (TPSA) is 42.0 Å². The van der Waals surface area contributed by atoms with Gasteiger partial charge in [0, 0.05) is 44.3 Å². The Morgan fingerprint density at radius 2 is 1.62 bits per heavy atom. The lowest BCUT2D eigenvalue weighted by molar-refractivity contribution is -0.152. The highest BCUT2D eigenvalue weighted by molar-refractivity contribution is 6.30. The molecule has 0 aromatic heterocycles. The lowest BCUT2D eigenvalue weighted by atomic mass is 9.99. The van der Waals surface area contributed by atoms with Gasteiger partial charge >= 0.3 is 5.97 Å². The second-order valence-corrected chi connectivity index (χ2v) is 8.70.